The summed E-state index contributed by atoms with van der Waals surface area (Å²) >= 11 is 0. The number of benzene rings is 2. The molecular formula is C18H20N4O3. The highest BCUT2D eigenvalue weighted by molar-refractivity contribution is 5.98. The molecule has 2 aromatic carbocycles. The number of nitrogens with zero attached hydrogens (tertiary/aromatic N) is 2. The molecule has 1 aromatic heterocycles. The van der Waals surface area contributed by atoms with Crippen molar-refractivity contribution in [3.8, 4) is 5.75 Å². The van der Waals surface area contributed by atoms with Gasteiger partial charge in [-0.2, -0.15) is 5.10 Å². The average molecular weight is 340 g/mol. The Balaban J connectivity index is 1.76. The van der Waals surface area contributed by atoms with Crippen molar-refractivity contribution in [2.45, 2.75) is 26.0 Å². The standard InChI is InChI=1S/C18H20N4O3/c1-10(16-20-17(11(2)23)22-21-16)19-18(24)14-5-4-13-9-15(25-3)7-6-12(13)8-14/h4-11,23H,1-3H3,(H,19,24)(H,20,21,22). The fraction of sp³-hybridized carbons (Fsp3) is 0.278. The van der Waals surface area contributed by atoms with Crippen LogP contribution in [0.1, 0.15) is 48.0 Å². The molecule has 0 aliphatic rings. The van der Waals surface area contributed by atoms with Gasteiger partial charge in [-0.05, 0) is 48.9 Å². The molecule has 2 atom stereocenters. The zero-order valence-corrected chi connectivity index (χ0v) is 14.3. The fourth-order valence-corrected chi connectivity index (χ4v) is 2.51. The molecule has 130 valence electrons. The van der Waals surface area contributed by atoms with Crippen molar-refractivity contribution >= 4 is 16.7 Å². The van der Waals surface area contributed by atoms with Gasteiger partial charge in [0.15, 0.2) is 5.82 Å². The number of aliphatic hydroxyl groups is 1. The van der Waals surface area contributed by atoms with E-state index in [2.05, 4.69) is 20.5 Å². The van der Waals surface area contributed by atoms with Crippen LogP contribution in [0.2, 0.25) is 0 Å². The molecule has 1 amide bonds. The van der Waals surface area contributed by atoms with Crippen LogP contribution in [-0.2, 0) is 0 Å². The van der Waals surface area contributed by atoms with E-state index in [-0.39, 0.29) is 11.9 Å². The van der Waals surface area contributed by atoms with E-state index in [1.54, 1.807) is 27.0 Å². The van der Waals surface area contributed by atoms with Crippen LogP contribution in [0.3, 0.4) is 0 Å². The maximum Gasteiger partial charge on any atom is 0.251 e. The number of aromatic amines is 1. The van der Waals surface area contributed by atoms with Crippen molar-refractivity contribution < 1.29 is 14.6 Å². The number of H-pyrrole nitrogens is 1. The zero-order chi connectivity index (χ0) is 18.0. The lowest BCUT2D eigenvalue weighted by atomic mass is 10.1. The van der Waals surface area contributed by atoms with Crippen LogP contribution >= 0.6 is 0 Å². The van der Waals surface area contributed by atoms with Gasteiger partial charge in [0.1, 0.15) is 17.7 Å². The van der Waals surface area contributed by atoms with Gasteiger partial charge in [-0.1, -0.05) is 12.1 Å². The summed E-state index contributed by atoms with van der Waals surface area (Å²) < 4.78 is 5.21. The molecule has 25 heavy (non-hydrogen) atoms. The largest absolute Gasteiger partial charge is 0.497 e. The Labute approximate surface area is 145 Å². The van der Waals surface area contributed by atoms with Crippen LogP contribution in [-0.4, -0.2) is 33.3 Å². The molecule has 1 heterocycles. The first-order valence-electron chi connectivity index (χ1n) is 7.97. The van der Waals surface area contributed by atoms with Gasteiger partial charge in [0, 0.05) is 5.56 Å². The number of carbonyl (C=O) groups excluding carboxylic acids is 1. The number of amides is 1. The molecule has 0 bridgehead atoms. The van der Waals surface area contributed by atoms with Gasteiger partial charge in [0.25, 0.3) is 5.91 Å². The maximum atomic E-state index is 12.5. The van der Waals surface area contributed by atoms with Crippen molar-refractivity contribution in [1.29, 1.82) is 0 Å². The molecule has 7 heteroatoms. The molecule has 0 radical (unpaired) electrons. The third-order valence-electron chi connectivity index (χ3n) is 3.96. The molecule has 0 saturated carbocycles. The van der Waals surface area contributed by atoms with E-state index in [0.29, 0.717) is 17.2 Å². The number of fused-ring (bicyclic) bond motifs is 1. The summed E-state index contributed by atoms with van der Waals surface area (Å²) in [5.74, 6) is 1.36. The Kier molecular flexibility index (Phi) is 4.67. The van der Waals surface area contributed by atoms with Crippen molar-refractivity contribution in [2.75, 3.05) is 7.11 Å². The zero-order valence-electron chi connectivity index (χ0n) is 14.3. The SMILES string of the molecule is COc1ccc2cc(C(=O)NC(C)c3nc(C(C)O)n[nH]3)ccc2c1. The molecule has 3 rings (SSSR count). The molecule has 3 N–H and O–H groups in total. The summed E-state index contributed by atoms with van der Waals surface area (Å²) in [6.07, 6.45) is -0.759. The second-order valence-electron chi connectivity index (χ2n) is 5.88. The number of aromatic nitrogens is 3. The highest BCUT2D eigenvalue weighted by Gasteiger charge is 2.17. The summed E-state index contributed by atoms with van der Waals surface area (Å²) in [5, 5.41) is 21.0. The summed E-state index contributed by atoms with van der Waals surface area (Å²) in [5.41, 5.74) is 0.555. The fourth-order valence-electron chi connectivity index (χ4n) is 2.51. The third-order valence-corrected chi connectivity index (χ3v) is 3.96. The number of methoxy groups -OCH3 is 1. The van der Waals surface area contributed by atoms with E-state index < -0.39 is 6.10 Å². The van der Waals surface area contributed by atoms with Crippen molar-refractivity contribution in [2.24, 2.45) is 0 Å². The number of aliphatic hydroxyl groups excluding tert-OH is 1. The minimum Gasteiger partial charge on any atom is -0.497 e. The Bertz CT molecular complexity index is 904. The first-order valence-corrected chi connectivity index (χ1v) is 7.97. The van der Waals surface area contributed by atoms with E-state index in [4.69, 9.17) is 4.74 Å². The molecule has 0 fully saturated rings. The van der Waals surface area contributed by atoms with E-state index in [0.717, 1.165) is 16.5 Å². The highest BCUT2D eigenvalue weighted by atomic mass is 16.5. The number of hydrogen-bond donors (Lipinski definition) is 3. The topological polar surface area (TPSA) is 100 Å². The first kappa shape index (κ1) is 16.9. The monoisotopic (exact) mass is 340 g/mol. The van der Waals surface area contributed by atoms with Crippen LogP contribution in [0.15, 0.2) is 36.4 Å². The predicted molar refractivity (Wildman–Crippen MR) is 93.4 cm³/mol. The highest BCUT2D eigenvalue weighted by Crippen LogP contribution is 2.22. The van der Waals surface area contributed by atoms with Crippen LogP contribution in [0.5, 0.6) is 5.75 Å². The van der Waals surface area contributed by atoms with Crippen LogP contribution in [0, 0.1) is 0 Å². The number of ether oxygens (including phenoxy) is 1. The Morgan fingerprint density at radius 3 is 2.60 bits per heavy atom. The molecule has 2 unspecified atom stereocenters. The second-order valence-corrected chi connectivity index (χ2v) is 5.88. The lowest BCUT2D eigenvalue weighted by Gasteiger charge is -2.12. The van der Waals surface area contributed by atoms with Crippen LogP contribution in [0.25, 0.3) is 10.8 Å². The molecule has 3 aromatic rings. The Morgan fingerprint density at radius 2 is 1.92 bits per heavy atom. The number of carbonyl (C=O) groups is 1. The van der Waals surface area contributed by atoms with Gasteiger partial charge in [-0.15, -0.1) is 0 Å². The molecule has 0 aliphatic carbocycles. The summed E-state index contributed by atoms with van der Waals surface area (Å²) in [6.45, 7) is 3.39. The van der Waals surface area contributed by atoms with E-state index in [1.807, 2.05) is 30.3 Å². The van der Waals surface area contributed by atoms with E-state index in [1.165, 1.54) is 0 Å². The maximum absolute atomic E-state index is 12.5. The lowest BCUT2D eigenvalue weighted by molar-refractivity contribution is 0.0938. The minimum absolute atomic E-state index is 0.208. The second kappa shape index (κ2) is 6.90. The number of rotatable bonds is 5. The Hall–Kier alpha value is -2.93. The van der Waals surface area contributed by atoms with Gasteiger partial charge in [-0.25, -0.2) is 4.98 Å². The normalized spacial score (nSPS) is 13.4. The van der Waals surface area contributed by atoms with E-state index >= 15 is 0 Å². The number of nitrogens with one attached hydrogen (secondary N) is 2. The van der Waals surface area contributed by atoms with Gasteiger partial charge < -0.3 is 15.2 Å². The van der Waals surface area contributed by atoms with Crippen LogP contribution in [0.4, 0.5) is 0 Å². The number of hydrogen-bond acceptors (Lipinski definition) is 5. The molecule has 7 nitrogen and oxygen atoms in total. The van der Waals surface area contributed by atoms with Crippen LogP contribution < -0.4 is 10.1 Å². The van der Waals surface area contributed by atoms with Gasteiger partial charge in [0.05, 0.1) is 13.2 Å². The smallest absolute Gasteiger partial charge is 0.251 e. The molecular weight excluding hydrogens is 320 g/mol. The van der Waals surface area contributed by atoms with Gasteiger partial charge >= 0.3 is 0 Å². The molecule has 0 spiro atoms. The quantitative estimate of drug-likeness (QED) is 0.663. The van der Waals surface area contributed by atoms with Crippen molar-refractivity contribution in [1.82, 2.24) is 20.5 Å². The van der Waals surface area contributed by atoms with Crippen molar-refractivity contribution in [3.05, 3.63) is 53.6 Å². The molecule has 0 aliphatic heterocycles. The molecule has 0 saturated heterocycles. The third kappa shape index (κ3) is 3.61. The summed E-state index contributed by atoms with van der Waals surface area (Å²) in [6, 6.07) is 10.8. The Morgan fingerprint density at radius 1 is 1.20 bits per heavy atom. The van der Waals surface area contributed by atoms with Gasteiger partial charge in [-0.3, -0.25) is 9.89 Å². The lowest BCUT2D eigenvalue weighted by Crippen LogP contribution is -2.27. The predicted octanol–water partition coefficient (Wildman–Crippen LogP) is 2.51. The summed E-state index contributed by atoms with van der Waals surface area (Å²) in [4.78, 5) is 16.7. The summed E-state index contributed by atoms with van der Waals surface area (Å²) in [7, 11) is 1.62. The minimum atomic E-state index is -0.759. The first-order chi connectivity index (χ1) is 12.0. The average Bonchev–Trinajstić information content (AvgIpc) is 3.11. The van der Waals surface area contributed by atoms with E-state index in [9.17, 15) is 9.90 Å². The van der Waals surface area contributed by atoms with Crippen molar-refractivity contribution in [3.63, 3.8) is 0 Å². The van der Waals surface area contributed by atoms with Gasteiger partial charge in [0.2, 0.25) is 0 Å².